The maximum Gasteiger partial charge on any atom is 0.270 e. The number of nitrogens with one attached hydrogen (secondary N) is 1. The zero-order valence-electron chi connectivity index (χ0n) is 11.0. The summed E-state index contributed by atoms with van der Waals surface area (Å²) in [7, 11) is 0. The second kappa shape index (κ2) is 6.39. The molecule has 7 heteroatoms. The van der Waals surface area contributed by atoms with Crippen LogP contribution < -0.4 is 5.32 Å². The Balaban J connectivity index is 2.24. The van der Waals surface area contributed by atoms with Crippen molar-refractivity contribution < 1.29 is 13.7 Å². The lowest BCUT2D eigenvalue weighted by molar-refractivity contribution is -0.385. The molecule has 20 heavy (non-hydrogen) atoms. The molecule has 1 aliphatic rings. The van der Waals surface area contributed by atoms with E-state index < -0.39 is 11.3 Å². The van der Waals surface area contributed by atoms with Gasteiger partial charge in [0.15, 0.2) is 0 Å². The first-order valence-corrected chi connectivity index (χ1v) is 7.67. The van der Waals surface area contributed by atoms with E-state index in [-0.39, 0.29) is 17.3 Å². The van der Waals surface area contributed by atoms with Gasteiger partial charge in [0.25, 0.3) is 12.1 Å². The third kappa shape index (κ3) is 3.20. The SMILES string of the molecule is CSC1CCCC1Nc1ccc([N+](=O)[O-])cc1C(F)F. The number of benzene rings is 1. The van der Waals surface area contributed by atoms with E-state index in [1.165, 1.54) is 12.1 Å². The summed E-state index contributed by atoms with van der Waals surface area (Å²) in [5.74, 6) is 0. The zero-order valence-corrected chi connectivity index (χ0v) is 11.8. The van der Waals surface area contributed by atoms with Gasteiger partial charge in [0.2, 0.25) is 0 Å². The maximum absolute atomic E-state index is 13.1. The minimum absolute atomic E-state index is 0.143. The molecule has 0 aromatic heterocycles. The van der Waals surface area contributed by atoms with Crippen LogP contribution >= 0.6 is 11.8 Å². The number of thioether (sulfide) groups is 1. The molecule has 0 saturated heterocycles. The maximum atomic E-state index is 13.1. The quantitative estimate of drug-likeness (QED) is 0.653. The zero-order chi connectivity index (χ0) is 14.7. The van der Waals surface area contributed by atoms with Gasteiger partial charge >= 0.3 is 0 Å². The highest BCUT2D eigenvalue weighted by molar-refractivity contribution is 7.99. The van der Waals surface area contributed by atoms with Gasteiger partial charge in [0, 0.05) is 34.7 Å². The minimum Gasteiger partial charge on any atom is -0.381 e. The molecule has 0 bridgehead atoms. The predicted molar refractivity (Wildman–Crippen MR) is 76.6 cm³/mol. The van der Waals surface area contributed by atoms with Crippen molar-refractivity contribution in [2.75, 3.05) is 11.6 Å². The summed E-state index contributed by atoms with van der Waals surface area (Å²) in [4.78, 5) is 10.0. The summed E-state index contributed by atoms with van der Waals surface area (Å²) < 4.78 is 26.1. The number of nitro groups is 1. The average Bonchev–Trinajstić information content (AvgIpc) is 2.85. The van der Waals surface area contributed by atoms with Crippen molar-refractivity contribution in [2.24, 2.45) is 0 Å². The van der Waals surface area contributed by atoms with Crippen LogP contribution in [-0.2, 0) is 0 Å². The molecule has 1 fully saturated rings. The van der Waals surface area contributed by atoms with Gasteiger partial charge < -0.3 is 5.32 Å². The number of nitro benzene ring substituents is 1. The first-order valence-electron chi connectivity index (χ1n) is 6.38. The smallest absolute Gasteiger partial charge is 0.270 e. The summed E-state index contributed by atoms with van der Waals surface area (Å²) in [6.07, 6.45) is 2.35. The van der Waals surface area contributed by atoms with Crippen molar-refractivity contribution in [3.05, 3.63) is 33.9 Å². The molecule has 1 aromatic carbocycles. The number of alkyl halides is 2. The van der Waals surface area contributed by atoms with Gasteiger partial charge in [0.1, 0.15) is 0 Å². The van der Waals surface area contributed by atoms with E-state index in [9.17, 15) is 18.9 Å². The van der Waals surface area contributed by atoms with Crippen LogP contribution in [-0.4, -0.2) is 22.5 Å². The fraction of sp³-hybridized carbons (Fsp3) is 0.538. The van der Waals surface area contributed by atoms with Gasteiger partial charge in [-0.1, -0.05) is 6.42 Å². The predicted octanol–water partition coefficient (Wildman–Crippen LogP) is 4.23. The fourth-order valence-electron chi connectivity index (χ4n) is 2.55. The number of anilines is 1. The largest absolute Gasteiger partial charge is 0.381 e. The summed E-state index contributed by atoms with van der Waals surface area (Å²) in [6.45, 7) is 0. The Labute approximate surface area is 120 Å². The number of rotatable bonds is 5. The lowest BCUT2D eigenvalue weighted by Crippen LogP contribution is -2.26. The molecule has 1 saturated carbocycles. The molecule has 110 valence electrons. The van der Waals surface area contributed by atoms with Gasteiger partial charge in [-0.25, -0.2) is 8.78 Å². The van der Waals surface area contributed by atoms with Gasteiger partial charge in [-0.3, -0.25) is 10.1 Å². The normalized spacial score (nSPS) is 22.2. The van der Waals surface area contributed by atoms with Crippen molar-refractivity contribution in [1.29, 1.82) is 0 Å². The van der Waals surface area contributed by atoms with Gasteiger partial charge in [-0.2, -0.15) is 11.8 Å². The van der Waals surface area contributed by atoms with E-state index in [0.717, 1.165) is 25.3 Å². The van der Waals surface area contributed by atoms with E-state index in [1.807, 2.05) is 6.26 Å². The number of non-ortho nitro benzene ring substituents is 1. The monoisotopic (exact) mass is 302 g/mol. The Bertz CT molecular complexity index is 499. The van der Waals surface area contributed by atoms with Crippen molar-refractivity contribution in [3.63, 3.8) is 0 Å². The van der Waals surface area contributed by atoms with E-state index in [4.69, 9.17) is 0 Å². The molecule has 0 amide bonds. The molecule has 1 aromatic rings. The highest BCUT2D eigenvalue weighted by atomic mass is 32.2. The van der Waals surface area contributed by atoms with Crippen molar-refractivity contribution in [3.8, 4) is 0 Å². The number of hydrogen-bond acceptors (Lipinski definition) is 4. The summed E-state index contributed by atoms with van der Waals surface area (Å²) >= 11 is 1.72. The Morgan fingerprint density at radius 1 is 1.45 bits per heavy atom. The number of halogens is 2. The van der Waals surface area contributed by atoms with Crippen LogP contribution in [0, 0.1) is 10.1 Å². The molecular weight excluding hydrogens is 286 g/mol. The molecule has 0 radical (unpaired) electrons. The highest BCUT2D eigenvalue weighted by Gasteiger charge is 2.28. The minimum atomic E-state index is -2.73. The Hall–Kier alpha value is -1.37. The molecule has 0 aliphatic heterocycles. The van der Waals surface area contributed by atoms with Gasteiger partial charge in [-0.15, -0.1) is 0 Å². The summed E-state index contributed by atoms with van der Waals surface area (Å²) in [5, 5.41) is 14.2. The molecule has 0 spiro atoms. The lowest BCUT2D eigenvalue weighted by atomic mass is 10.1. The van der Waals surface area contributed by atoms with E-state index in [0.29, 0.717) is 10.9 Å². The second-order valence-corrected chi connectivity index (χ2v) is 5.86. The van der Waals surface area contributed by atoms with Crippen LogP contribution in [0.2, 0.25) is 0 Å². The molecular formula is C13H16F2N2O2S. The van der Waals surface area contributed by atoms with Crippen molar-refractivity contribution in [2.45, 2.75) is 37.0 Å². The molecule has 0 heterocycles. The topological polar surface area (TPSA) is 55.2 Å². The van der Waals surface area contributed by atoms with Crippen LogP contribution in [0.15, 0.2) is 18.2 Å². The second-order valence-electron chi connectivity index (χ2n) is 4.79. The molecule has 1 aliphatic carbocycles. The summed E-state index contributed by atoms with van der Waals surface area (Å²) in [5.41, 5.74) is -0.304. The van der Waals surface area contributed by atoms with Crippen LogP contribution in [0.1, 0.15) is 31.3 Å². The van der Waals surface area contributed by atoms with Crippen molar-refractivity contribution >= 4 is 23.1 Å². The number of hydrogen-bond donors (Lipinski definition) is 1. The molecule has 4 nitrogen and oxygen atoms in total. The third-order valence-electron chi connectivity index (χ3n) is 3.58. The van der Waals surface area contributed by atoms with E-state index >= 15 is 0 Å². The molecule has 2 rings (SSSR count). The van der Waals surface area contributed by atoms with E-state index in [2.05, 4.69) is 5.32 Å². The van der Waals surface area contributed by atoms with Crippen LogP contribution in [0.3, 0.4) is 0 Å². The Kier molecular flexibility index (Phi) is 4.80. The first kappa shape index (κ1) is 15.0. The molecule has 2 unspecified atom stereocenters. The van der Waals surface area contributed by atoms with Crippen LogP contribution in [0.5, 0.6) is 0 Å². The standard InChI is InChI=1S/C13H16F2N2O2S/c1-20-12-4-2-3-11(12)16-10-6-5-8(17(18)19)7-9(10)13(14)15/h5-7,11-13,16H,2-4H2,1H3. The number of nitrogens with zero attached hydrogens (tertiary/aromatic N) is 1. The van der Waals surface area contributed by atoms with E-state index in [1.54, 1.807) is 11.8 Å². The average molecular weight is 302 g/mol. The Morgan fingerprint density at radius 3 is 2.80 bits per heavy atom. The molecule has 1 N–H and O–H groups in total. The molecule has 2 atom stereocenters. The fourth-order valence-corrected chi connectivity index (χ4v) is 3.48. The van der Waals surface area contributed by atoms with Crippen LogP contribution in [0.4, 0.5) is 20.2 Å². The Morgan fingerprint density at radius 2 is 2.20 bits per heavy atom. The highest BCUT2D eigenvalue weighted by Crippen LogP contribution is 2.35. The van der Waals surface area contributed by atoms with Gasteiger partial charge in [0.05, 0.1) is 4.92 Å². The van der Waals surface area contributed by atoms with Crippen molar-refractivity contribution in [1.82, 2.24) is 0 Å². The lowest BCUT2D eigenvalue weighted by Gasteiger charge is -2.22. The van der Waals surface area contributed by atoms with Crippen LogP contribution in [0.25, 0.3) is 0 Å². The first-order chi connectivity index (χ1) is 9.52. The summed E-state index contributed by atoms with van der Waals surface area (Å²) in [6, 6.07) is 3.74. The van der Waals surface area contributed by atoms with Gasteiger partial charge in [-0.05, 0) is 25.2 Å². The third-order valence-corrected chi connectivity index (χ3v) is 4.75.